The highest BCUT2D eigenvalue weighted by Crippen LogP contribution is 2.33. The maximum Gasteiger partial charge on any atom is 0.222 e. The molecule has 0 spiro atoms. The molecule has 2 unspecified atom stereocenters. The summed E-state index contributed by atoms with van der Waals surface area (Å²) >= 11 is 0. The van der Waals surface area contributed by atoms with Crippen LogP contribution in [0.1, 0.15) is 37.8 Å². The average molecular weight is 292 g/mol. The Balaban J connectivity index is 2.01. The summed E-state index contributed by atoms with van der Waals surface area (Å²) in [4.78, 5) is 12.1. The minimum absolute atomic E-state index is 0.0215. The first-order valence-electron chi connectivity index (χ1n) is 7.32. The van der Waals surface area contributed by atoms with E-state index in [1.807, 2.05) is 25.1 Å². The molecule has 0 aliphatic heterocycles. The minimum Gasteiger partial charge on any atom is -0.497 e. The lowest BCUT2D eigenvalue weighted by atomic mass is 10.1. The van der Waals surface area contributed by atoms with Crippen molar-refractivity contribution in [1.82, 2.24) is 5.32 Å². The third-order valence-corrected chi connectivity index (χ3v) is 3.93. The van der Waals surface area contributed by atoms with Gasteiger partial charge in [-0.1, -0.05) is 0 Å². The van der Waals surface area contributed by atoms with Crippen molar-refractivity contribution in [3.63, 3.8) is 0 Å². The molecule has 5 heteroatoms. The zero-order valence-electron chi connectivity index (χ0n) is 12.9. The molecule has 3 N–H and O–H groups in total. The fourth-order valence-corrected chi connectivity index (χ4v) is 2.46. The highest BCUT2D eigenvalue weighted by Gasteiger charge is 2.30. The van der Waals surface area contributed by atoms with Crippen LogP contribution in [-0.4, -0.2) is 26.2 Å². The van der Waals surface area contributed by atoms with Gasteiger partial charge in [0, 0.05) is 18.0 Å². The van der Waals surface area contributed by atoms with E-state index in [0.717, 1.165) is 29.9 Å². The molecule has 116 valence electrons. The molecule has 1 amide bonds. The molecule has 0 radical (unpaired) electrons. The van der Waals surface area contributed by atoms with Crippen LogP contribution in [0.15, 0.2) is 18.2 Å². The first kappa shape index (κ1) is 15.6. The quantitative estimate of drug-likeness (QED) is 0.806. The molecule has 1 aliphatic rings. The Bertz CT molecular complexity index is 500. The van der Waals surface area contributed by atoms with Crippen LogP contribution in [0, 0.1) is 5.92 Å². The van der Waals surface area contributed by atoms with Gasteiger partial charge in [0.2, 0.25) is 5.91 Å². The maximum atomic E-state index is 12.1. The van der Waals surface area contributed by atoms with Gasteiger partial charge < -0.3 is 20.5 Å². The van der Waals surface area contributed by atoms with E-state index in [4.69, 9.17) is 15.2 Å². The van der Waals surface area contributed by atoms with Crippen LogP contribution in [-0.2, 0) is 4.79 Å². The Morgan fingerprint density at radius 3 is 2.67 bits per heavy atom. The number of nitrogens with one attached hydrogen (secondary N) is 1. The second-order valence-corrected chi connectivity index (χ2v) is 5.60. The van der Waals surface area contributed by atoms with Crippen LogP contribution in [0.3, 0.4) is 0 Å². The van der Waals surface area contributed by atoms with E-state index in [-0.39, 0.29) is 18.0 Å². The van der Waals surface area contributed by atoms with E-state index in [2.05, 4.69) is 5.32 Å². The monoisotopic (exact) mass is 292 g/mol. The number of hydrogen-bond acceptors (Lipinski definition) is 4. The van der Waals surface area contributed by atoms with E-state index in [1.54, 1.807) is 14.2 Å². The van der Waals surface area contributed by atoms with Gasteiger partial charge in [0.05, 0.1) is 20.3 Å². The third-order valence-electron chi connectivity index (χ3n) is 3.93. The second kappa shape index (κ2) is 6.80. The van der Waals surface area contributed by atoms with E-state index >= 15 is 0 Å². The minimum atomic E-state index is -0.158. The molecule has 21 heavy (non-hydrogen) atoms. The van der Waals surface area contributed by atoms with Gasteiger partial charge in [0.15, 0.2) is 0 Å². The normalized spacial score (nSPS) is 17.0. The molecule has 0 bridgehead atoms. The van der Waals surface area contributed by atoms with Crippen molar-refractivity contribution in [2.45, 2.75) is 38.3 Å². The topological polar surface area (TPSA) is 73.6 Å². The Morgan fingerprint density at radius 1 is 1.38 bits per heavy atom. The van der Waals surface area contributed by atoms with Crippen molar-refractivity contribution in [3.8, 4) is 11.5 Å². The summed E-state index contributed by atoms with van der Waals surface area (Å²) in [5, 5.41) is 2.98. The van der Waals surface area contributed by atoms with Gasteiger partial charge in [-0.15, -0.1) is 0 Å². The van der Waals surface area contributed by atoms with Crippen molar-refractivity contribution in [2.24, 2.45) is 11.7 Å². The molecular formula is C16H24N2O3. The summed E-state index contributed by atoms with van der Waals surface area (Å²) < 4.78 is 10.6. The van der Waals surface area contributed by atoms with Crippen molar-refractivity contribution in [1.29, 1.82) is 0 Å². The van der Waals surface area contributed by atoms with E-state index in [1.165, 1.54) is 0 Å². The highest BCUT2D eigenvalue weighted by molar-refractivity contribution is 5.77. The number of rotatable bonds is 7. The van der Waals surface area contributed by atoms with Gasteiger partial charge >= 0.3 is 0 Å². The molecule has 2 rings (SSSR count). The van der Waals surface area contributed by atoms with Gasteiger partial charge in [-0.3, -0.25) is 4.79 Å². The SMILES string of the molecule is COc1ccc(OC)c(C(C)NC(=O)CC(N)C2CC2)c1. The molecule has 1 fully saturated rings. The van der Waals surface area contributed by atoms with Crippen molar-refractivity contribution in [3.05, 3.63) is 23.8 Å². The third kappa shape index (κ3) is 4.11. The van der Waals surface area contributed by atoms with E-state index in [0.29, 0.717) is 12.3 Å². The van der Waals surface area contributed by atoms with Gasteiger partial charge in [-0.25, -0.2) is 0 Å². The second-order valence-electron chi connectivity index (χ2n) is 5.60. The van der Waals surface area contributed by atoms with Crippen LogP contribution in [0.4, 0.5) is 0 Å². The summed E-state index contributed by atoms with van der Waals surface area (Å²) in [5.74, 6) is 1.97. The van der Waals surface area contributed by atoms with Crippen molar-refractivity contribution < 1.29 is 14.3 Å². The lowest BCUT2D eigenvalue weighted by Gasteiger charge is -2.19. The molecule has 0 heterocycles. The summed E-state index contributed by atoms with van der Waals surface area (Å²) in [7, 11) is 3.23. The molecule has 1 aliphatic carbocycles. The lowest BCUT2D eigenvalue weighted by molar-refractivity contribution is -0.122. The summed E-state index contributed by atoms with van der Waals surface area (Å²) in [6.45, 7) is 1.93. The van der Waals surface area contributed by atoms with Crippen LogP contribution >= 0.6 is 0 Å². The number of amides is 1. The molecule has 0 saturated heterocycles. The van der Waals surface area contributed by atoms with E-state index in [9.17, 15) is 4.79 Å². The number of nitrogens with two attached hydrogens (primary N) is 1. The largest absolute Gasteiger partial charge is 0.497 e. The van der Waals surface area contributed by atoms with Gasteiger partial charge in [0.25, 0.3) is 0 Å². The van der Waals surface area contributed by atoms with Gasteiger partial charge in [0.1, 0.15) is 11.5 Å². The zero-order chi connectivity index (χ0) is 15.4. The number of methoxy groups -OCH3 is 2. The predicted octanol–water partition coefficient (Wildman–Crippen LogP) is 2.01. The maximum absolute atomic E-state index is 12.1. The van der Waals surface area contributed by atoms with Crippen LogP contribution in [0.25, 0.3) is 0 Å². The molecular weight excluding hydrogens is 268 g/mol. The van der Waals surface area contributed by atoms with Crippen LogP contribution < -0.4 is 20.5 Å². The van der Waals surface area contributed by atoms with Crippen molar-refractivity contribution in [2.75, 3.05) is 14.2 Å². The zero-order valence-corrected chi connectivity index (χ0v) is 12.9. The first-order chi connectivity index (χ1) is 10.0. The Morgan fingerprint density at radius 2 is 2.10 bits per heavy atom. The molecule has 2 atom stereocenters. The first-order valence-corrected chi connectivity index (χ1v) is 7.32. The van der Waals surface area contributed by atoms with Gasteiger partial charge in [-0.2, -0.15) is 0 Å². The number of carbonyl (C=O) groups is 1. The smallest absolute Gasteiger partial charge is 0.222 e. The molecule has 0 aromatic heterocycles. The summed E-state index contributed by atoms with van der Waals surface area (Å²) in [5.41, 5.74) is 6.88. The molecule has 5 nitrogen and oxygen atoms in total. The number of benzene rings is 1. The summed E-state index contributed by atoms with van der Waals surface area (Å²) in [6.07, 6.45) is 2.67. The Hall–Kier alpha value is -1.75. The Labute approximate surface area is 125 Å². The fourth-order valence-electron chi connectivity index (χ4n) is 2.46. The molecule has 1 aromatic rings. The lowest BCUT2D eigenvalue weighted by Crippen LogP contribution is -2.34. The Kier molecular flexibility index (Phi) is 5.07. The molecule has 1 aromatic carbocycles. The number of ether oxygens (including phenoxy) is 2. The number of carbonyl (C=O) groups excluding carboxylic acids is 1. The number of hydrogen-bond donors (Lipinski definition) is 2. The summed E-state index contributed by atoms with van der Waals surface area (Å²) in [6, 6.07) is 5.37. The molecule has 1 saturated carbocycles. The van der Waals surface area contributed by atoms with Gasteiger partial charge in [-0.05, 0) is 43.9 Å². The van der Waals surface area contributed by atoms with Crippen LogP contribution in [0.2, 0.25) is 0 Å². The van der Waals surface area contributed by atoms with E-state index < -0.39 is 0 Å². The highest BCUT2D eigenvalue weighted by atomic mass is 16.5. The van der Waals surface area contributed by atoms with Crippen LogP contribution in [0.5, 0.6) is 11.5 Å². The fraction of sp³-hybridized carbons (Fsp3) is 0.562. The average Bonchev–Trinajstić information content (AvgIpc) is 3.30. The standard InChI is InChI=1S/C16H24N2O3/c1-10(18-16(19)9-14(17)11-4-5-11)13-8-12(20-2)6-7-15(13)21-3/h6-8,10-11,14H,4-5,9,17H2,1-3H3,(H,18,19). The predicted molar refractivity (Wildman–Crippen MR) is 81.4 cm³/mol. The van der Waals surface area contributed by atoms with Crippen molar-refractivity contribution >= 4 is 5.91 Å².